The molecule has 3 rings (SSSR count). The first kappa shape index (κ1) is 14.2. The normalized spacial score (nSPS) is 25.8. The van der Waals surface area contributed by atoms with Gasteiger partial charge in [0.05, 0.1) is 0 Å². The minimum absolute atomic E-state index is 0.591. The molecule has 2 aliphatic rings. The molecule has 1 aromatic rings. The molecule has 0 bridgehead atoms. The lowest BCUT2D eigenvalue weighted by Gasteiger charge is -2.39. The molecule has 0 aromatic carbocycles. The largest absolute Gasteiger partial charge is 0.353 e. The van der Waals surface area contributed by atoms with E-state index in [1.54, 1.807) is 0 Å². The summed E-state index contributed by atoms with van der Waals surface area (Å²) in [4.78, 5) is 7.50. The van der Waals surface area contributed by atoms with Crippen LogP contribution in [0.15, 0.2) is 12.1 Å². The lowest BCUT2D eigenvalue weighted by Crippen LogP contribution is -2.43. The van der Waals surface area contributed by atoms with Gasteiger partial charge < -0.3 is 4.90 Å². The Hall–Kier alpha value is -0.760. The van der Waals surface area contributed by atoms with Crippen LogP contribution in [0.4, 0.5) is 5.82 Å². The summed E-state index contributed by atoms with van der Waals surface area (Å²) in [5.74, 6) is 2.68. The molecular formula is C17H25ClN2. The molecule has 110 valence electrons. The van der Waals surface area contributed by atoms with Crippen LogP contribution in [0.3, 0.4) is 0 Å². The van der Waals surface area contributed by atoms with Crippen LogP contribution in [0.5, 0.6) is 0 Å². The lowest BCUT2D eigenvalue weighted by atomic mass is 9.92. The van der Waals surface area contributed by atoms with Gasteiger partial charge in [-0.15, -0.1) is 11.6 Å². The van der Waals surface area contributed by atoms with Crippen LogP contribution in [0.2, 0.25) is 0 Å². The number of rotatable bonds is 4. The standard InChI is InChI=1S/C17H25ClN2/c1-2-5-15-10-13(12-18)11-17(19-15)20-9-4-7-14-6-3-8-16(14)20/h10-11,14,16H,2-9,12H2,1H3. The number of alkyl halides is 1. The van der Waals surface area contributed by atoms with Gasteiger partial charge in [-0.1, -0.05) is 19.8 Å². The van der Waals surface area contributed by atoms with Crippen LogP contribution in [0.1, 0.15) is 56.7 Å². The van der Waals surface area contributed by atoms with Crippen LogP contribution < -0.4 is 4.90 Å². The summed E-state index contributed by atoms with van der Waals surface area (Å²) in [6.07, 6.45) is 9.08. The molecule has 1 aliphatic heterocycles. The molecule has 1 aromatic heterocycles. The molecule has 2 nitrogen and oxygen atoms in total. The summed E-state index contributed by atoms with van der Waals surface area (Å²) in [7, 11) is 0. The number of hydrogen-bond acceptors (Lipinski definition) is 2. The van der Waals surface area contributed by atoms with E-state index in [0.29, 0.717) is 5.88 Å². The predicted octanol–water partition coefficient (Wildman–Crippen LogP) is 4.54. The van der Waals surface area contributed by atoms with Crippen molar-refractivity contribution in [1.82, 2.24) is 4.98 Å². The van der Waals surface area contributed by atoms with Crippen LogP contribution in [0.25, 0.3) is 0 Å². The summed E-state index contributed by atoms with van der Waals surface area (Å²) in [6.45, 7) is 3.38. The van der Waals surface area contributed by atoms with Crippen molar-refractivity contribution in [3.63, 3.8) is 0 Å². The zero-order valence-corrected chi connectivity index (χ0v) is 13.2. The Kier molecular flexibility index (Phi) is 4.50. The second-order valence-corrected chi connectivity index (χ2v) is 6.57. The van der Waals surface area contributed by atoms with E-state index in [1.807, 2.05) is 0 Å². The van der Waals surface area contributed by atoms with Crippen LogP contribution in [-0.4, -0.2) is 17.6 Å². The number of piperidine rings is 1. The zero-order valence-electron chi connectivity index (χ0n) is 12.4. The van der Waals surface area contributed by atoms with Crippen molar-refractivity contribution < 1.29 is 0 Å². The first-order valence-electron chi connectivity index (χ1n) is 8.14. The highest BCUT2D eigenvalue weighted by Crippen LogP contribution is 2.38. The van der Waals surface area contributed by atoms with Gasteiger partial charge in [0.15, 0.2) is 0 Å². The summed E-state index contributed by atoms with van der Waals surface area (Å²) in [5.41, 5.74) is 2.43. The second-order valence-electron chi connectivity index (χ2n) is 6.30. The van der Waals surface area contributed by atoms with Crippen molar-refractivity contribution >= 4 is 17.4 Å². The number of hydrogen-bond donors (Lipinski definition) is 0. The average Bonchev–Trinajstić information content (AvgIpc) is 2.95. The van der Waals surface area contributed by atoms with Crippen molar-refractivity contribution in [2.45, 2.75) is 63.8 Å². The predicted molar refractivity (Wildman–Crippen MR) is 85.5 cm³/mol. The number of pyridine rings is 1. The molecule has 2 fully saturated rings. The van der Waals surface area contributed by atoms with Crippen molar-refractivity contribution in [3.8, 4) is 0 Å². The van der Waals surface area contributed by atoms with Gasteiger partial charge in [-0.25, -0.2) is 4.98 Å². The van der Waals surface area contributed by atoms with Gasteiger partial charge in [-0.2, -0.15) is 0 Å². The van der Waals surface area contributed by atoms with E-state index in [2.05, 4.69) is 24.0 Å². The van der Waals surface area contributed by atoms with E-state index in [1.165, 1.54) is 55.7 Å². The number of aromatic nitrogens is 1. The van der Waals surface area contributed by atoms with E-state index in [4.69, 9.17) is 16.6 Å². The van der Waals surface area contributed by atoms with Crippen LogP contribution in [0, 0.1) is 5.92 Å². The summed E-state index contributed by atoms with van der Waals surface area (Å²) < 4.78 is 0. The molecule has 0 amide bonds. The van der Waals surface area contributed by atoms with Gasteiger partial charge in [-0.05, 0) is 55.7 Å². The zero-order chi connectivity index (χ0) is 13.9. The molecule has 2 unspecified atom stereocenters. The van der Waals surface area contributed by atoms with Gasteiger partial charge in [0.1, 0.15) is 5.82 Å². The molecule has 0 N–H and O–H groups in total. The smallest absolute Gasteiger partial charge is 0.129 e. The Morgan fingerprint density at radius 3 is 2.90 bits per heavy atom. The van der Waals surface area contributed by atoms with Gasteiger partial charge in [0.25, 0.3) is 0 Å². The molecule has 0 radical (unpaired) electrons. The maximum Gasteiger partial charge on any atom is 0.129 e. The number of fused-ring (bicyclic) bond motifs is 1. The summed E-state index contributed by atoms with van der Waals surface area (Å²) in [5, 5.41) is 0. The fraction of sp³-hybridized carbons (Fsp3) is 0.706. The molecule has 0 spiro atoms. The molecule has 1 aliphatic carbocycles. The fourth-order valence-corrected chi connectivity index (χ4v) is 4.13. The Bertz CT molecular complexity index is 460. The van der Waals surface area contributed by atoms with Crippen LogP contribution in [-0.2, 0) is 12.3 Å². The number of anilines is 1. The van der Waals surface area contributed by atoms with Gasteiger partial charge in [0, 0.05) is 24.2 Å². The monoisotopic (exact) mass is 292 g/mol. The molecule has 1 saturated heterocycles. The average molecular weight is 293 g/mol. The van der Waals surface area contributed by atoms with Gasteiger partial charge >= 0.3 is 0 Å². The third kappa shape index (κ3) is 2.81. The third-order valence-corrected chi connectivity index (χ3v) is 5.18. The number of nitrogens with zero attached hydrogens (tertiary/aromatic N) is 2. The number of halogens is 1. The van der Waals surface area contributed by atoms with Gasteiger partial charge in [-0.3, -0.25) is 0 Å². The molecule has 3 heteroatoms. The minimum Gasteiger partial charge on any atom is -0.353 e. The van der Waals surface area contributed by atoms with Crippen molar-refractivity contribution in [2.24, 2.45) is 5.92 Å². The molecular weight excluding hydrogens is 268 g/mol. The summed E-state index contributed by atoms with van der Waals surface area (Å²) >= 11 is 6.07. The molecule has 1 saturated carbocycles. The lowest BCUT2D eigenvalue weighted by molar-refractivity contribution is 0.360. The maximum absolute atomic E-state index is 6.07. The fourth-order valence-electron chi connectivity index (χ4n) is 3.98. The SMILES string of the molecule is CCCc1cc(CCl)cc(N2CCCC3CCCC32)n1. The quantitative estimate of drug-likeness (QED) is 0.757. The Balaban J connectivity index is 1.89. The first-order chi connectivity index (χ1) is 9.81. The van der Waals surface area contributed by atoms with Crippen molar-refractivity contribution in [1.29, 1.82) is 0 Å². The number of aryl methyl sites for hydroxylation is 1. The highest BCUT2D eigenvalue weighted by atomic mass is 35.5. The minimum atomic E-state index is 0.591. The Morgan fingerprint density at radius 1 is 1.25 bits per heavy atom. The molecule has 2 atom stereocenters. The van der Waals surface area contributed by atoms with Crippen LogP contribution >= 0.6 is 11.6 Å². The van der Waals surface area contributed by atoms with E-state index in [-0.39, 0.29) is 0 Å². The topological polar surface area (TPSA) is 16.1 Å². The van der Waals surface area contributed by atoms with E-state index >= 15 is 0 Å². The third-order valence-electron chi connectivity index (χ3n) is 4.87. The van der Waals surface area contributed by atoms with Crippen molar-refractivity contribution in [3.05, 3.63) is 23.4 Å². The maximum atomic E-state index is 6.07. The highest BCUT2D eigenvalue weighted by Gasteiger charge is 2.35. The second kappa shape index (κ2) is 6.34. The molecule has 20 heavy (non-hydrogen) atoms. The first-order valence-corrected chi connectivity index (χ1v) is 8.67. The highest BCUT2D eigenvalue weighted by molar-refractivity contribution is 6.17. The van der Waals surface area contributed by atoms with Gasteiger partial charge in [0.2, 0.25) is 0 Å². The molecule has 2 heterocycles. The van der Waals surface area contributed by atoms with E-state index < -0.39 is 0 Å². The van der Waals surface area contributed by atoms with E-state index in [0.717, 1.165) is 24.8 Å². The van der Waals surface area contributed by atoms with E-state index in [9.17, 15) is 0 Å². The Morgan fingerprint density at radius 2 is 2.10 bits per heavy atom. The van der Waals surface area contributed by atoms with Crippen molar-refractivity contribution in [2.75, 3.05) is 11.4 Å². The Labute approximate surface area is 127 Å². The summed E-state index contributed by atoms with van der Waals surface area (Å²) in [6, 6.07) is 5.12.